The van der Waals surface area contributed by atoms with Gasteiger partial charge in [0, 0.05) is 12.3 Å². The molecule has 6 heteroatoms. The Kier molecular flexibility index (Phi) is 5.39. The summed E-state index contributed by atoms with van der Waals surface area (Å²) in [6.45, 7) is 0.525. The molecule has 2 N–H and O–H groups in total. The average Bonchev–Trinajstić information content (AvgIpc) is 2.92. The van der Waals surface area contributed by atoms with Crippen molar-refractivity contribution in [2.75, 3.05) is 31.3 Å². The molecular weight excluding hydrogens is 281 g/mol. The third-order valence-corrected chi connectivity index (χ3v) is 4.48. The van der Waals surface area contributed by atoms with E-state index in [1.807, 2.05) is 0 Å². The Bertz CT molecular complexity index is 463. The zero-order valence-corrected chi connectivity index (χ0v) is 11.9. The van der Waals surface area contributed by atoms with Crippen molar-refractivity contribution in [2.45, 2.75) is 12.0 Å². The molecule has 0 radical (unpaired) electrons. The van der Waals surface area contributed by atoms with Gasteiger partial charge in [-0.3, -0.25) is 4.79 Å². The van der Waals surface area contributed by atoms with Crippen LogP contribution >= 0.6 is 11.8 Å². The van der Waals surface area contributed by atoms with Crippen molar-refractivity contribution in [2.24, 2.45) is 0 Å². The average molecular weight is 299 g/mol. The first-order valence-electron chi connectivity index (χ1n) is 6.52. The number of carbonyl (C=O) groups excluding carboxylic acids is 1. The lowest BCUT2D eigenvalue weighted by Crippen LogP contribution is -2.46. The predicted octanol–water partition coefficient (Wildman–Crippen LogP) is 1.44. The van der Waals surface area contributed by atoms with Gasteiger partial charge in [0.05, 0.1) is 24.4 Å². The van der Waals surface area contributed by atoms with E-state index in [9.17, 15) is 9.18 Å². The lowest BCUT2D eigenvalue weighted by atomic mass is 10.0. The van der Waals surface area contributed by atoms with Crippen LogP contribution in [0.5, 0.6) is 0 Å². The van der Waals surface area contributed by atoms with Gasteiger partial charge >= 0.3 is 0 Å². The quantitative estimate of drug-likeness (QED) is 0.834. The monoisotopic (exact) mass is 299 g/mol. The zero-order valence-electron chi connectivity index (χ0n) is 11.1. The van der Waals surface area contributed by atoms with Crippen LogP contribution in [0.1, 0.15) is 16.8 Å². The Hall–Kier alpha value is -1.11. The second-order valence-electron chi connectivity index (χ2n) is 4.72. The minimum Gasteiger partial charge on any atom is -0.394 e. The molecule has 1 fully saturated rings. The number of nitrogens with one attached hydrogen (secondary N) is 1. The van der Waals surface area contributed by atoms with Gasteiger partial charge in [-0.2, -0.15) is 11.8 Å². The third kappa shape index (κ3) is 3.71. The van der Waals surface area contributed by atoms with Crippen LogP contribution in [0.15, 0.2) is 24.3 Å². The highest BCUT2D eigenvalue weighted by Crippen LogP contribution is 2.30. The summed E-state index contributed by atoms with van der Waals surface area (Å²) < 4.78 is 19.2. The highest BCUT2D eigenvalue weighted by Gasteiger charge is 2.35. The van der Waals surface area contributed by atoms with E-state index >= 15 is 0 Å². The van der Waals surface area contributed by atoms with Crippen LogP contribution in [0.3, 0.4) is 0 Å². The van der Waals surface area contributed by atoms with E-state index in [1.54, 1.807) is 23.9 Å². The Balaban J connectivity index is 1.96. The predicted molar refractivity (Wildman–Crippen MR) is 76.4 cm³/mol. The van der Waals surface area contributed by atoms with E-state index in [4.69, 9.17) is 9.84 Å². The largest absolute Gasteiger partial charge is 0.394 e. The Labute approximate surface area is 121 Å². The third-order valence-electron chi connectivity index (χ3n) is 3.26. The Morgan fingerprint density at radius 2 is 2.30 bits per heavy atom. The highest BCUT2D eigenvalue weighted by molar-refractivity contribution is 7.99. The molecule has 1 unspecified atom stereocenters. The molecule has 0 spiro atoms. The summed E-state index contributed by atoms with van der Waals surface area (Å²) in [5, 5.41) is 11.6. The van der Waals surface area contributed by atoms with Crippen LogP contribution in [-0.4, -0.2) is 47.9 Å². The summed E-state index contributed by atoms with van der Waals surface area (Å²) in [6, 6.07) is 5.89. The van der Waals surface area contributed by atoms with E-state index in [0.29, 0.717) is 6.54 Å². The van der Waals surface area contributed by atoms with Gasteiger partial charge in [-0.1, -0.05) is 12.1 Å². The van der Waals surface area contributed by atoms with Gasteiger partial charge in [0.2, 0.25) is 0 Å². The van der Waals surface area contributed by atoms with Crippen LogP contribution < -0.4 is 5.32 Å². The first-order valence-corrected chi connectivity index (χ1v) is 7.68. The molecule has 1 aromatic carbocycles. The van der Waals surface area contributed by atoms with Crippen molar-refractivity contribution in [3.8, 4) is 0 Å². The summed E-state index contributed by atoms with van der Waals surface area (Å²) in [7, 11) is 0. The van der Waals surface area contributed by atoms with Crippen molar-refractivity contribution >= 4 is 17.7 Å². The lowest BCUT2D eigenvalue weighted by Gasteiger charge is -2.28. The SMILES string of the molecule is O=C(NCC1(OCCO)CCSC1)c1ccccc1F. The summed E-state index contributed by atoms with van der Waals surface area (Å²) >= 11 is 1.75. The number of ether oxygens (including phenoxy) is 1. The summed E-state index contributed by atoms with van der Waals surface area (Å²) in [6.07, 6.45) is 0.815. The fourth-order valence-corrected chi connectivity index (χ4v) is 3.50. The smallest absolute Gasteiger partial charge is 0.254 e. The molecular formula is C14H18FNO3S. The maximum absolute atomic E-state index is 13.5. The Morgan fingerprint density at radius 1 is 1.50 bits per heavy atom. The number of halogens is 1. The summed E-state index contributed by atoms with van der Waals surface area (Å²) in [5.74, 6) is 0.758. The minimum absolute atomic E-state index is 0.0375. The van der Waals surface area contributed by atoms with Gasteiger partial charge in [0.25, 0.3) is 5.91 Å². The number of thioether (sulfide) groups is 1. The molecule has 1 amide bonds. The van der Waals surface area contributed by atoms with Crippen molar-refractivity contribution in [1.82, 2.24) is 5.32 Å². The van der Waals surface area contributed by atoms with Crippen molar-refractivity contribution in [3.63, 3.8) is 0 Å². The van der Waals surface area contributed by atoms with E-state index in [0.717, 1.165) is 17.9 Å². The molecule has 2 rings (SSSR count). The fraction of sp³-hybridized carbons (Fsp3) is 0.500. The van der Waals surface area contributed by atoms with Crippen LogP contribution in [0.4, 0.5) is 4.39 Å². The maximum atomic E-state index is 13.5. The normalized spacial score (nSPS) is 21.9. The molecule has 1 heterocycles. The number of aliphatic hydroxyl groups is 1. The molecule has 1 aromatic rings. The van der Waals surface area contributed by atoms with Gasteiger partial charge < -0.3 is 15.2 Å². The second-order valence-corrected chi connectivity index (χ2v) is 5.83. The van der Waals surface area contributed by atoms with Crippen LogP contribution in [0.2, 0.25) is 0 Å². The highest BCUT2D eigenvalue weighted by atomic mass is 32.2. The number of carbonyl (C=O) groups is 1. The molecule has 0 saturated carbocycles. The van der Waals surface area contributed by atoms with E-state index < -0.39 is 17.3 Å². The number of aliphatic hydroxyl groups excluding tert-OH is 1. The summed E-state index contributed by atoms with van der Waals surface area (Å²) in [5.41, 5.74) is -0.413. The second kappa shape index (κ2) is 7.06. The molecule has 110 valence electrons. The summed E-state index contributed by atoms with van der Waals surface area (Å²) in [4.78, 5) is 12.0. The van der Waals surface area contributed by atoms with Crippen LogP contribution in [0.25, 0.3) is 0 Å². The van der Waals surface area contributed by atoms with Gasteiger partial charge in [-0.15, -0.1) is 0 Å². The Morgan fingerprint density at radius 3 is 2.95 bits per heavy atom. The van der Waals surface area contributed by atoms with E-state index in [-0.39, 0.29) is 18.8 Å². The van der Waals surface area contributed by atoms with Crippen molar-refractivity contribution in [3.05, 3.63) is 35.6 Å². The van der Waals surface area contributed by atoms with Crippen molar-refractivity contribution < 1.29 is 19.0 Å². The molecule has 1 saturated heterocycles. The molecule has 1 aliphatic heterocycles. The standard InChI is InChI=1S/C14H18FNO3S/c15-12-4-2-1-3-11(12)13(18)16-9-14(19-7-6-17)5-8-20-10-14/h1-4,17H,5-10H2,(H,16,18). The van der Waals surface area contributed by atoms with Gasteiger partial charge in [-0.05, 0) is 24.3 Å². The fourth-order valence-electron chi connectivity index (χ4n) is 2.14. The first-order chi connectivity index (χ1) is 9.67. The molecule has 1 aliphatic rings. The number of hydrogen-bond acceptors (Lipinski definition) is 4. The molecule has 4 nitrogen and oxygen atoms in total. The molecule has 0 aromatic heterocycles. The topological polar surface area (TPSA) is 58.6 Å². The maximum Gasteiger partial charge on any atom is 0.254 e. The number of hydrogen-bond donors (Lipinski definition) is 2. The van der Waals surface area contributed by atoms with Crippen LogP contribution in [0, 0.1) is 5.82 Å². The minimum atomic E-state index is -0.531. The molecule has 0 bridgehead atoms. The van der Waals surface area contributed by atoms with Gasteiger partial charge in [-0.25, -0.2) is 4.39 Å². The van der Waals surface area contributed by atoms with Gasteiger partial charge in [0.15, 0.2) is 0 Å². The van der Waals surface area contributed by atoms with Crippen LogP contribution in [-0.2, 0) is 4.74 Å². The van der Waals surface area contributed by atoms with Gasteiger partial charge in [0.1, 0.15) is 5.82 Å². The zero-order chi connectivity index (χ0) is 14.4. The van der Waals surface area contributed by atoms with E-state index in [2.05, 4.69) is 5.32 Å². The number of rotatable bonds is 6. The van der Waals surface area contributed by atoms with E-state index in [1.165, 1.54) is 12.1 Å². The lowest BCUT2D eigenvalue weighted by molar-refractivity contribution is -0.0378. The molecule has 0 aliphatic carbocycles. The first kappa shape index (κ1) is 15.3. The molecule has 20 heavy (non-hydrogen) atoms. The molecule has 1 atom stereocenters. The number of benzene rings is 1. The van der Waals surface area contributed by atoms with Crippen molar-refractivity contribution in [1.29, 1.82) is 0 Å². The number of amides is 1.